The molecule has 24 heavy (non-hydrogen) atoms. The maximum atomic E-state index is 12.7. The van der Waals surface area contributed by atoms with Crippen LogP contribution in [0.5, 0.6) is 0 Å². The number of nitrogens with two attached hydrogens (primary N) is 1. The van der Waals surface area contributed by atoms with Gasteiger partial charge in [-0.25, -0.2) is 0 Å². The Morgan fingerprint density at radius 2 is 1.96 bits per heavy atom. The van der Waals surface area contributed by atoms with E-state index >= 15 is 0 Å². The fourth-order valence-corrected chi connectivity index (χ4v) is 4.39. The van der Waals surface area contributed by atoms with Crippen LogP contribution in [0.2, 0.25) is 10.0 Å². The Bertz CT molecular complexity index is 617. The molecule has 0 spiro atoms. The smallest absolute Gasteiger partial charge is 0.226 e. The predicted octanol–water partition coefficient (Wildman–Crippen LogP) is 3.80. The summed E-state index contributed by atoms with van der Waals surface area (Å²) in [5.41, 5.74) is 7.32. The molecule has 1 aliphatic carbocycles. The maximum Gasteiger partial charge on any atom is 0.226 e. The van der Waals surface area contributed by atoms with Gasteiger partial charge in [0.2, 0.25) is 5.91 Å². The zero-order valence-electron chi connectivity index (χ0n) is 14.1. The average molecular weight is 370 g/mol. The van der Waals surface area contributed by atoms with Crippen molar-refractivity contribution in [2.24, 2.45) is 5.92 Å². The van der Waals surface area contributed by atoms with E-state index in [2.05, 4.69) is 16.7 Å². The van der Waals surface area contributed by atoms with E-state index in [0.717, 1.165) is 38.0 Å². The van der Waals surface area contributed by atoms with Crippen LogP contribution in [0.4, 0.5) is 5.69 Å². The van der Waals surface area contributed by atoms with Crippen molar-refractivity contribution >= 4 is 34.8 Å². The van der Waals surface area contributed by atoms with E-state index in [1.54, 1.807) is 12.1 Å². The zero-order valence-corrected chi connectivity index (χ0v) is 15.6. The molecular formula is C18H25Cl2N3O. The van der Waals surface area contributed by atoms with E-state index in [1.807, 2.05) is 0 Å². The van der Waals surface area contributed by atoms with Crippen molar-refractivity contribution in [2.45, 2.75) is 45.2 Å². The van der Waals surface area contributed by atoms with Crippen LogP contribution in [0.3, 0.4) is 0 Å². The predicted molar refractivity (Wildman–Crippen MR) is 99.3 cm³/mol. The molecule has 2 N–H and O–H groups in total. The standard InChI is InChI=1S/C18H25Cl2N3O/c1-12-10-22(11-14-15(19)6-7-16(21)17(14)20)8-9-23(12)18(24)13-4-2-3-5-13/h6-7,12-13H,2-5,8-11,21H2,1H3. The van der Waals surface area contributed by atoms with Crippen LogP contribution in [0.15, 0.2) is 12.1 Å². The number of piperazine rings is 1. The lowest BCUT2D eigenvalue weighted by molar-refractivity contribution is -0.140. The second-order valence-corrected chi connectivity index (χ2v) is 7.81. The van der Waals surface area contributed by atoms with Crippen molar-refractivity contribution < 1.29 is 4.79 Å². The number of benzene rings is 1. The number of carbonyl (C=O) groups excluding carboxylic acids is 1. The second kappa shape index (κ2) is 7.51. The number of amides is 1. The monoisotopic (exact) mass is 369 g/mol. The largest absolute Gasteiger partial charge is 0.398 e. The van der Waals surface area contributed by atoms with Crippen LogP contribution in [0.25, 0.3) is 0 Å². The molecule has 0 radical (unpaired) electrons. The summed E-state index contributed by atoms with van der Waals surface area (Å²) < 4.78 is 0. The minimum atomic E-state index is 0.213. The van der Waals surface area contributed by atoms with Crippen molar-refractivity contribution in [3.8, 4) is 0 Å². The lowest BCUT2D eigenvalue weighted by Gasteiger charge is -2.41. The highest BCUT2D eigenvalue weighted by Gasteiger charge is 2.33. The fourth-order valence-electron chi connectivity index (χ4n) is 3.90. The molecule has 1 aromatic carbocycles. The first-order valence-corrected chi connectivity index (χ1v) is 9.48. The Morgan fingerprint density at radius 1 is 1.25 bits per heavy atom. The van der Waals surface area contributed by atoms with Crippen molar-refractivity contribution in [3.63, 3.8) is 0 Å². The van der Waals surface area contributed by atoms with Gasteiger partial charge in [-0.3, -0.25) is 9.69 Å². The fraction of sp³-hybridized carbons (Fsp3) is 0.611. The molecule has 4 nitrogen and oxygen atoms in total. The van der Waals surface area contributed by atoms with Gasteiger partial charge in [-0.15, -0.1) is 0 Å². The van der Waals surface area contributed by atoms with Crippen molar-refractivity contribution in [3.05, 3.63) is 27.7 Å². The summed E-state index contributed by atoms with van der Waals surface area (Å²) in [6, 6.07) is 3.74. The minimum absolute atomic E-state index is 0.213. The van der Waals surface area contributed by atoms with Crippen LogP contribution in [0.1, 0.15) is 38.2 Å². The number of anilines is 1. The summed E-state index contributed by atoms with van der Waals surface area (Å²) in [6.07, 6.45) is 4.49. The first kappa shape index (κ1) is 17.8. The van der Waals surface area contributed by atoms with E-state index < -0.39 is 0 Å². The molecule has 1 aliphatic heterocycles. The molecule has 1 aromatic rings. The van der Waals surface area contributed by atoms with E-state index in [0.29, 0.717) is 28.2 Å². The van der Waals surface area contributed by atoms with E-state index in [9.17, 15) is 4.79 Å². The molecule has 1 heterocycles. The van der Waals surface area contributed by atoms with Gasteiger partial charge in [-0.05, 0) is 31.9 Å². The molecular weight excluding hydrogens is 345 g/mol. The zero-order chi connectivity index (χ0) is 17.3. The molecule has 0 aromatic heterocycles. The Labute approximate surface area is 153 Å². The van der Waals surface area contributed by atoms with Crippen LogP contribution in [0, 0.1) is 5.92 Å². The lowest BCUT2D eigenvalue weighted by Crippen LogP contribution is -2.54. The highest BCUT2D eigenvalue weighted by atomic mass is 35.5. The van der Waals surface area contributed by atoms with Gasteiger partial charge in [0, 0.05) is 48.7 Å². The van der Waals surface area contributed by atoms with Gasteiger partial charge in [0.05, 0.1) is 10.7 Å². The minimum Gasteiger partial charge on any atom is -0.398 e. The van der Waals surface area contributed by atoms with Crippen molar-refractivity contribution in [2.75, 3.05) is 25.4 Å². The molecule has 1 atom stereocenters. The summed E-state index contributed by atoms with van der Waals surface area (Å²) >= 11 is 12.6. The Hall–Kier alpha value is -0.970. The number of nitrogen functional groups attached to an aromatic ring is 1. The highest BCUT2D eigenvalue weighted by molar-refractivity contribution is 6.37. The maximum absolute atomic E-state index is 12.7. The van der Waals surface area contributed by atoms with Crippen molar-refractivity contribution in [1.82, 2.24) is 9.80 Å². The van der Waals surface area contributed by atoms with Gasteiger partial charge in [0.15, 0.2) is 0 Å². The Balaban J connectivity index is 1.63. The molecule has 132 valence electrons. The van der Waals surface area contributed by atoms with Crippen LogP contribution >= 0.6 is 23.2 Å². The molecule has 1 unspecified atom stereocenters. The Morgan fingerprint density at radius 3 is 2.62 bits per heavy atom. The third-order valence-corrected chi connectivity index (χ3v) is 6.10. The molecule has 1 amide bonds. The number of nitrogens with zero attached hydrogens (tertiary/aromatic N) is 2. The third-order valence-electron chi connectivity index (χ3n) is 5.30. The number of halogens is 2. The summed E-state index contributed by atoms with van der Waals surface area (Å²) in [4.78, 5) is 17.0. The van der Waals surface area contributed by atoms with Gasteiger partial charge >= 0.3 is 0 Å². The lowest BCUT2D eigenvalue weighted by atomic mass is 10.0. The first-order valence-electron chi connectivity index (χ1n) is 8.72. The van der Waals surface area contributed by atoms with Gasteiger partial charge in [-0.1, -0.05) is 36.0 Å². The number of hydrogen-bond acceptors (Lipinski definition) is 3. The number of rotatable bonds is 3. The molecule has 3 rings (SSSR count). The molecule has 1 saturated carbocycles. The first-order chi connectivity index (χ1) is 11.5. The Kier molecular flexibility index (Phi) is 5.58. The normalized spacial score (nSPS) is 23.0. The number of hydrogen-bond donors (Lipinski definition) is 1. The summed E-state index contributed by atoms with van der Waals surface area (Å²) in [7, 11) is 0. The van der Waals surface area contributed by atoms with E-state index in [1.165, 1.54) is 12.8 Å². The molecule has 2 fully saturated rings. The van der Waals surface area contributed by atoms with Gasteiger partial charge in [-0.2, -0.15) is 0 Å². The molecule has 0 bridgehead atoms. The number of carbonyl (C=O) groups is 1. The highest BCUT2D eigenvalue weighted by Crippen LogP contribution is 2.32. The summed E-state index contributed by atoms with van der Waals surface area (Å²) in [5, 5.41) is 1.19. The third kappa shape index (κ3) is 3.66. The summed E-state index contributed by atoms with van der Waals surface area (Å²) in [6.45, 7) is 5.23. The van der Waals surface area contributed by atoms with Crippen LogP contribution < -0.4 is 5.73 Å². The van der Waals surface area contributed by atoms with E-state index in [-0.39, 0.29) is 12.0 Å². The van der Waals surface area contributed by atoms with Crippen molar-refractivity contribution in [1.29, 1.82) is 0 Å². The molecule has 2 aliphatic rings. The van der Waals surface area contributed by atoms with Crippen LogP contribution in [-0.4, -0.2) is 41.4 Å². The van der Waals surface area contributed by atoms with E-state index in [4.69, 9.17) is 28.9 Å². The average Bonchev–Trinajstić information content (AvgIpc) is 3.09. The van der Waals surface area contributed by atoms with Crippen LogP contribution in [-0.2, 0) is 11.3 Å². The second-order valence-electron chi connectivity index (χ2n) is 7.03. The topological polar surface area (TPSA) is 49.6 Å². The molecule has 6 heteroatoms. The van der Waals surface area contributed by atoms with Gasteiger partial charge in [0.25, 0.3) is 0 Å². The van der Waals surface area contributed by atoms with Gasteiger partial charge in [0.1, 0.15) is 0 Å². The SMILES string of the molecule is CC1CN(Cc2c(Cl)ccc(N)c2Cl)CCN1C(=O)C1CCCC1. The van der Waals surface area contributed by atoms with Gasteiger partial charge < -0.3 is 10.6 Å². The quantitative estimate of drug-likeness (QED) is 0.824. The molecule has 1 saturated heterocycles. The summed E-state index contributed by atoms with van der Waals surface area (Å²) in [5.74, 6) is 0.594.